The first-order valence-electron chi connectivity index (χ1n) is 6.73. The molecule has 1 aliphatic heterocycles. The van der Waals surface area contributed by atoms with Crippen LogP contribution < -0.4 is 10.6 Å². The second-order valence-corrected chi connectivity index (χ2v) is 4.14. The second kappa shape index (κ2) is 7.95. The minimum atomic E-state index is 0.252. The normalized spacial score (nSPS) is 16.1. The lowest BCUT2D eigenvalue weighted by Crippen LogP contribution is -2.47. The maximum atomic E-state index is 8.86. The molecule has 0 radical (unpaired) electrons. The Morgan fingerprint density at radius 1 is 1.06 bits per heavy atom. The monoisotopic (exact) mass is 251 g/mol. The Morgan fingerprint density at radius 2 is 1.61 bits per heavy atom. The third-order valence-corrected chi connectivity index (χ3v) is 3.05. The Labute approximate surface area is 110 Å². The molecule has 4 nitrogen and oxygen atoms in total. The van der Waals surface area contributed by atoms with Crippen molar-refractivity contribution in [1.82, 2.24) is 4.90 Å². The van der Waals surface area contributed by atoms with Gasteiger partial charge in [0.25, 0.3) is 0 Å². The first kappa shape index (κ1) is 14.8. The summed E-state index contributed by atoms with van der Waals surface area (Å²) in [5.74, 6) is 0. The maximum absolute atomic E-state index is 8.86. The van der Waals surface area contributed by atoms with Crippen LogP contribution in [0.15, 0.2) is 24.3 Å². The summed E-state index contributed by atoms with van der Waals surface area (Å²) >= 11 is 0. The number of hydrogen-bond donors (Lipinski definition) is 2. The third-order valence-electron chi connectivity index (χ3n) is 3.05. The van der Waals surface area contributed by atoms with Crippen LogP contribution in [0.25, 0.3) is 0 Å². The highest BCUT2D eigenvalue weighted by Crippen LogP contribution is 2.17. The van der Waals surface area contributed by atoms with Gasteiger partial charge in [-0.25, -0.2) is 0 Å². The average Bonchev–Trinajstić information content (AvgIpc) is 2.43. The van der Waals surface area contributed by atoms with Crippen LogP contribution in [0.5, 0.6) is 0 Å². The first-order chi connectivity index (χ1) is 8.79. The standard InChI is InChI=1S/C12H19N3O.C2H6/c13-11-1-3-12(4-2-11)15-7-5-14(6-8-15)9-10-16;1-2/h1-4,16H,5-10,13H2;1-2H3. The second-order valence-electron chi connectivity index (χ2n) is 4.14. The van der Waals surface area contributed by atoms with Gasteiger partial charge in [0.15, 0.2) is 0 Å². The molecule has 1 saturated heterocycles. The highest BCUT2D eigenvalue weighted by atomic mass is 16.3. The van der Waals surface area contributed by atoms with Gasteiger partial charge in [0.2, 0.25) is 0 Å². The fraction of sp³-hybridized carbons (Fsp3) is 0.571. The molecular weight excluding hydrogens is 226 g/mol. The van der Waals surface area contributed by atoms with Gasteiger partial charge in [0, 0.05) is 44.1 Å². The molecule has 0 unspecified atom stereocenters. The van der Waals surface area contributed by atoms with E-state index in [0.29, 0.717) is 0 Å². The van der Waals surface area contributed by atoms with E-state index in [-0.39, 0.29) is 6.61 Å². The van der Waals surface area contributed by atoms with Gasteiger partial charge >= 0.3 is 0 Å². The van der Waals surface area contributed by atoms with Gasteiger partial charge in [-0.2, -0.15) is 0 Å². The van der Waals surface area contributed by atoms with Crippen molar-refractivity contribution < 1.29 is 5.11 Å². The van der Waals surface area contributed by atoms with Crippen LogP contribution in [0.4, 0.5) is 11.4 Å². The minimum absolute atomic E-state index is 0.252. The molecule has 1 aromatic rings. The molecule has 102 valence electrons. The SMILES string of the molecule is CC.Nc1ccc(N2CCN(CCO)CC2)cc1. The Bertz CT molecular complexity index is 318. The van der Waals surface area contributed by atoms with E-state index in [9.17, 15) is 0 Å². The summed E-state index contributed by atoms with van der Waals surface area (Å²) in [6.45, 7) is 9.11. The molecule has 4 heteroatoms. The molecule has 1 aliphatic rings. The predicted octanol–water partition coefficient (Wildman–Crippen LogP) is 1.41. The molecule has 0 spiro atoms. The number of piperazine rings is 1. The van der Waals surface area contributed by atoms with Crippen molar-refractivity contribution in [2.75, 3.05) is 50.0 Å². The zero-order valence-corrected chi connectivity index (χ0v) is 11.5. The molecule has 18 heavy (non-hydrogen) atoms. The van der Waals surface area contributed by atoms with Gasteiger partial charge in [0.1, 0.15) is 0 Å². The van der Waals surface area contributed by atoms with Crippen molar-refractivity contribution in [3.63, 3.8) is 0 Å². The fourth-order valence-corrected chi connectivity index (χ4v) is 2.06. The highest BCUT2D eigenvalue weighted by Gasteiger charge is 2.16. The number of hydrogen-bond acceptors (Lipinski definition) is 4. The summed E-state index contributed by atoms with van der Waals surface area (Å²) in [5, 5.41) is 8.86. The number of anilines is 2. The van der Waals surface area contributed by atoms with E-state index in [1.807, 2.05) is 26.0 Å². The van der Waals surface area contributed by atoms with E-state index in [4.69, 9.17) is 10.8 Å². The number of nitrogens with two attached hydrogens (primary N) is 1. The molecule has 1 aromatic carbocycles. The summed E-state index contributed by atoms with van der Waals surface area (Å²) in [6.07, 6.45) is 0. The molecule has 0 atom stereocenters. The Morgan fingerprint density at radius 3 is 2.11 bits per heavy atom. The summed E-state index contributed by atoms with van der Waals surface area (Å²) in [5.41, 5.74) is 7.71. The quantitative estimate of drug-likeness (QED) is 0.798. The zero-order valence-electron chi connectivity index (χ0n) is 11.5. The highest BCUT2D eigenvalue weighted by molar-refractivity contribution is 5.53. The van der Waals surface area contributed by atoms with E-state index in [0.717, 1.165) is 38.4 Å². The number of nitrogens with zero attached hydrogens (tertiary/aromatic N) is 2. The van der Waals surface area contributed by atoms with Crippen molar-refractivity contribution in [1.29, 1.82) is 0 Å². The van der Waals surface area contributed by atoms with E-state index in [1.54, 1.807) is 0 Å². The van der Waals surface area contributed by atoms with Crippen LogP contribution in [-0.4, -0.2) is 49.3 Å². The number of β-amino-alcohol motifs (C(OH)–C–C–N with tert-alkyl or cyclic N) is 1. The van der Waals surface area contributed by atoms with E-state index in [2.05, 4.69) is 21.9 Å². The lowest BCUT2D eigenvalue weighted by atomic mass is 10.2. The Kier molecular flexibility index (Phi) is 6.54. The number of nitrogen functional groups attached to an aromatic ring is 1. The lowest BCUT2D eigenvalue weighted by Gasteiger charge is -2.35. The van der Waals surface area contributed by atoms with E-state index in [1.165, 1.54) is 5.69 Å². The van der Waals surface area contributed by atoms with Crippen LogP contribution in [0.1, 0.15) is 13.8 Å². The fourth-order valence-electron chi connectivity index (χ4n) is 2.06. The van der Waals surface area contributed by atoms with Crippen molar-refractivity contribution in [3.8, 4) is 0 Å². The van der Waals surface area contributed by atoms with Gasteiger partial charge in [-0.1, -0.05) is 13.8 Å². The van der Waals surface area contributed by atoms with Gasteiger partial charge in [-0.05, 0) is 24.3 Å². The summed E-state index contributed by atoms with van der Waals surface area (Å²) < 4.78 is 0. The molecule has 2 rings (SSSR count). The van der Waals surface area contributed by atoms with Gasteiger partial charge < -0.3 is 15.7 Å². The Balaban J connectivity index is 0.000000771. The minimum Gasteiger partial charge on any atom is -0.399 e. The topological polar surface area (TPSA) is 52.7 Å². The number of rotatable bonds is 3. The molecule has 0 aliphatic carbocycles. The van der Waals surface area contributed by atoms with E-state index < -0.39 is 0 Å². The lowest BCUT2D eigenvalue weighted by molar-refractivity contribution is 0.189. The van der Waals surface area contributed by atoms with Crippen LogP contribution in [-0.2, 0) is 0 Å². The molecule has 0 amide bonds. The van der Waals surface area contributed by atoms with Crippen molar-refractivity contribution >= 4 is 11.4 Å². The van der Waals surface area contributed by atoms with Crippen LogP contribution in [0.3, 0.4) is 0 Å². The predicted molar refractivity (Wildman–Crippen MR) is 77.9 cm³/mol. The molecule has 0 bridgehead atoms. The molecular formula is C14H25N3O. The van der Waals surface area contributed by atoms with Gasteiger partial charge in [-0.15, -0.1) is 0 Å². The largest absolute Gasteiger partial charge is 0.399 e. The van der Waals surface area contributed by atoms with Gasteiger partial charge in [0.05, 0.1) is 6.61 Å². The van der Waals surface area contributed by atoms with Crippen molar-refractivity contribution in [3.05, 3.63) is 24.3 Å². The number of benzene rings is 1. The van der Waals surface area contributed by atoms with Crippen molar-refractivity contribution in [2.45, 2.75) is 13.8 Å². The van der Waals surface area contributed by atoms with Gasteiger partial charge in [-0.3, -0.25) is 4.90 Å². The average molecular weight is 251 g/mol. The van der Waals surface area contributed by atoms with Crippen LogP contribution in [0, 0.1) is 0 Å². The number of aliphatic hydroxyl groups is 1. The molecule has 3 N–H and O–H groups in total. The van der Waals surface area contributed by atoms with E-state index >= 15 is 0 Å². The summed E-state index contributed by atoms with van der Waals surface area (Å²) in [6, 6.07) is 8.01. The molecule has 0 aromatic heterocycles. The zero-order chi connectivity index (χ0) is 13.4. The molecule has 0 saturated carbocycles. The summed E-state index contributed by atoms with van der Waals surface area (Å²) in [7, 11) is 0. The molecule has 1 fully saturated rings. The first-order valence-corrected chi connectivity index (χ1v) is 6.73. The van der Waals surface area contributed by atoms with Crippen molar-refractivity contribution in [2.24, 2.45) is 0 Å². The smallest absolute Gasteiger partial charge is 0.0558 e. The molecule has 1 heterocycles. The maximum Gasteiger partial charge on any atom is 0.0558 e. The van der Waals surface area contributed by atoms with Crippen LogP contribution in [0.2, 0.25) is 0 Å². The number of aliphatic hydroxyl groups excluding tert-OH is 1. The summed E-state index contributed by atoms with van der Waals surface area (Å²) in [4.78, 5) is 4.64. The third kappa shape index (κ3) is 4.20. The van der Waals surface area contributed by atoms with Crippen LogP contribution >= 0.6 is 0 Å². The Hall–Kier alpha value is -1.26.